The number of hydrogen-bond donors (Lipinski definition) is 1. The Morgan fingerprint density at radius 1 is 1.00 bits per heavy atom. The van der Waals surface area contributed by atoms with Gasteiger partial charge in [0, 0.05) is 0 Å². The summed E-state index contributed by atoms with van der Waals surface area (Å²) in [5.74, 6) is 0. The zero-order valence-electron chi connectivity index (χ0n) is 8.59. The molecule has 0 saturated carbocycles. The molecule has 0 spiro atoms. The largest absolute Gasteiger partial charge is 0.272 e. The molecule has 1 rings (SSSR count). The number of aryl methyl sites for hydroxylation is 1. The molecule has 1 aromatic rings. The van der Waals surface area contributed by atoms with Crippen LogP contribution in [-0.4, -0.2) is 15.0 Å². The SMILES string of the molecule is O=[SH](=O)OCCCCCc1ccccc1. The zero-order chi connectivity index (χ0) is 10.9. The second-order valence-corrected chi connectivity index (χ2v) is 4.06. The summed E-state index contributed by atoms with van der Waals surface area (Å²) in [6.07, 6.45) is 3.92. The summed E-state index contributed by atoms with van der Waals surface area (Å²) in [6, 6.07) is 10.3. The standard InChI is InChI=1S/C11H16O3S/c12-15(13)14-10-6-2-5-9-11-7-3-1-4-8-11/h1,3-4,7-8,15H,2,5-6,9-10H2. The maximum atomic E-state index is 10.1. The van der Waals surface area contributed by atoms with Crippen LogP contribution in [-0.2, 0) is 21.6 Å². The van der Waals surface area contributed by atoms with Crippen molar-refractivity contribution < 1.29 is 12.6 Å². The van der Waals surface area contributed by atoms with Crippen molar-refractivity contribution in [1.82, 2.24) is 0 Å². The summed E-state index contributed by atoms with van der Waals surface area (Å²) < 4.78 is 24.6. The van der Waals surface area contributed by atoms with E-state index in [1.807, 2.05) is 18.2 Å². The summed E-state index contributed by atoms with van der Waals surface area (Å²) in [4.78, 5) is 0. The van der Waals surface area contributed by atoms with Gasteiger partial charge >= 0.3 is 0 Å². The van der Waals surface area contributed by atoms with E-state index in [2.05, 4.69) is 16.3 Å². The molecule has 0 aliphatic carbocycles. The smallest absolute Gasteiger partial charge is 0.257 e. The van der Waals surface area contributed by atoms with E-state index in [4.69, 9.17) is 0 Å². The minimum Gasteiger partial charge on any atom is -0.272 e. The summed E-state index contributed by atoms with van der Waals surface area (Å²) in [5, 5.41) is 0. The number of rotatable bonds is 7. The molecule has 3 nitrogen and oxygen atoms in total. The predicted octanol–water partition coefficient (Wildman–Crippen LogP) is 1.94. The van der Waals surface area contributed by atoms with Crippen LogP contribution in [0.3, 0.4) is 0 Å². The summed E-state index contributed by atoms with van der Waals surface area (Å²) in [7, 11) is -2.67. The summed E-state index contributed by atoms with van der Waals surface area (Å²) in [6.45, 7) is 0.313. The highest BCUT2D eigenvalue weighted by atomic mass is 32.2. The number of unbranched alkanes of at least 4 members (excludes halogenated alkanes) is 2. The summed E-state index contributed by atoms with van der Waals surface area (Å²) in [5.41, 5.74) is 1.33. The lowest BCUT2D eigenvalue weighted by molar-refractivity contribution is 0.321. The highest BCUT2D eigenvalue weighted by Crippen LogP contribution is 2.06. The van der Waals surface area contributed by atoms with Crippen LogP contribution in [0.15, 0.2) is 30.3 Å². The van der Waals surface area contributed by atoms with E-state index in [0.717, 1.165) is 25.7 Å². The normalized spacial score (nSPS) is 10.7. The molecular weight excluding hydrogens is 212 g/mol. The Balaban J connectivity index is 2.02. The topological polar surface area (TPSA) is 43.4 Å². The van der Waals surface area contributed by atoms with Gasteiger partial charge in [0.1, 0.15) is 0 Å². The van der Waals surface area contributed by atoms with Gasteiger partial charge in [-0.2, -0.15) is 0 Å². The van der Waals surface area contributed by atoms with E-state index >= 15 is 0 Å². The van der Waals surface area contributed by atoms with E-state index < -0.39 is 11.0 Å². The Morgan fingerprint density at radius 2 is 1.73 bits per heavy atom. The third kappa shape index (κ3) is 6.25. The Hall–Kier alpha value is -0.870. The van der Waals surface area contributed by atoms with E-state index in [-0.39, 0.29) is 0 Å². The van der Waals surface area contributed by atoms with Crippen LogP contribution in [0, 0.1) is 0 Å². The quantitative estimate of drug-likeness (QED) is 0.573. The lowest BCUT2D eigenvalue weighted by Gasteiger charge is -2.00. The molecule has 4 heteroatoms. The minimum atomic E-state index is -2.67. The fourth-order valence-corrected chi connectivity index (χ4v) is 1.67. The molecule has 0 atom stereocenters. The molecule has 0 aliphatic rings. The molecule has 0 saturated heterocycles. The molecule has 1 aromatic carbocycles. The first-order valence-electron chi connectivity index (χ1n) is 5.10. The van der Waals surface area contributed by atoms with Crippen LogP contribution in [0.4, 0.5) is 0 Å². The molecular formula is C11H16O3S. The third-order valence-electron chi connectivity index (χ3n) is 2.15. The van der Waals surface area contributed by atoms with Crippen LogP contribution in [0.5, 0.6) is 0 Å². The molecule has 0 aliphatic heterocycles. The molecule has 0 N–H and O–H groups in total. The van der Waals surface area contributed by atoms with Crippen molar-refractivity contribution in [3.8, 4) is 0 Å². The second-order valence-electron chi connectivity index (χ2n) is 3.35. The zero-order valence-corrected chi connectivity index (χ0v) is 9.49. The fourth-order valence-electron chi connectivity index (χ4n) is 1.39. The van der Waals surface area contributed by atoms with Gasteiger partial charge < -0.3 is 0 Å². The van der Waals surface area contributed by atoms with E-state index in [1.165, 1.54) is 5.56 Å². The Bertz CT molecular complexity index is 325. The molecule has 0 heterocycles. The molecule has 0 unspecified atom stereocenters. The van der Waals surface area contributed by atoms with Gasteiger partial charge in [0.15, 0.2) is 0 Å². The Labute approximate surface area is 92.2 Å². The van der Waals surface area contributed by atoms with Crippen molar-refractivity contribution in [2.75, 3.05) is 6.61 Å². The Morgan fingerprint density at radius 3 is 2.40 bits per heavy atom. The predicted molar refractivity (Wildman–Crippen MR) is 60.3 cm³/mol. The highest BCUT2D eigenvalue weighted by molar-refractivity contribution is 7.67. The van der Waals surface area contributed by atoms with Gasteiger partial charge in [-0.05, 0) is 24.8 Å². The van der Waals surface area contributed by atoms with Crippen LogP contribution in [0.25, 0.3) is 0 Å². The molecule has 0 aromatic heterocycles. The van der Waals surface area contributed by atoms with Gasteiger partial charge in [0.25, 0.3) is 11.0 Å². The Kier molecular flexibility index (Phi) is 6.04. The van der Waals surface area contributed by atoms with Crippen molar-refractivity contribution in [2.24, 2.45) is 0 Å². The first-order valence-corrected chi connectivity index (χ1v) is 6.20. The van der Waals surface area contributed by atoms with Crippen LogP contribution >= 0.6 is 0 Å². The number of benzene rings is 1. The fraction of sp³-hybridized carbons (Fsp3) is 0.455. The molecule has 84 valence electrons. The van der Waals surface area contributed by atoms with Crippen molar-refractivity contribution in [2.45, 2.75) is 25.7 Å². The monoisotopic (exact) mass is 228 g/mol. The van der Waals surface area contributed by atoms with Crippen molar-refractivity contribution in [3.05, 3.63) is 35.9 Å². The maximum absolute atomic E-state index is 10.1. The van der Waals surface area contributed by atoms with Crippen molar-refractivity contribution >= 4 is 11.0 Å². The lowest BCUT2D eigenvalue weighted by atomic mass is 10.1. The van der Waals surface area contributed by atoms with E-state index in [1.54, 1.807) is 0 Å². The van der Waals surface area contributed by atoms with Gasteiger partial charge in [0.05, 0.1) is 6.61 Å². The summed E-state index contributed by atoms with van der Waals surface area (Å²) >= 11 is 0. The first kappa shape index (κ1) is 12.2. The lowest BCUT2D eigenvalue weighted by Crippen LogP contribution is -1.93. The van der Waals surface area contributed by atoms with Crippen LogP contribution < -0.4 is 0 Å². The van der Waals surface area contributed by atoms with Gasteiger partial charge in [-0.15, -0.1) is 0 Å². The van der Waals surface area contributed by atoms with Crippen molar-refractivity contribution in [1.29, 1.82) is 0 Å². The second kappa shape index (κ2) is 7.43. The number of thiol groups is 1. The van der Waals surface area contributed by atoms with Crippen LogP contribution in [0.1, 0.15) is 24.8 Å². The molecule has 0 bridgehead atoms. The van der Waals surface area contributed by atoms with E-state index in [9.17, 15) is 8.42 Å². The van der Waals surface area contributed by atoms with Crippen LogP contribution in [0.2, 0.25) is 0 Å². The number of hydrogen-bond acceptors (Lipinski definition) is 3. The minimum absolute atomic E-state index is 0.313. The average Bonchev–Trinajstić information content (AvgIpc) is 2.24. The molecule has 15 heavy (non-hydrogen) atoms. The third-order valence-corrected chi connectivity index (χ3v) is 2.54. The van der Waals surface area contributed by atoms with Gasteiger partial charge in [0.2, 0.25) is 0 Å². The van der Waals surface area contributed by atoms with Gasteiger partial charge in [-0.25, -0.2) is 8.42 Å². The molecule has 0 amide bonds. The van der Waals surface area contributed by atoms with E-state index in [0.29, 0.717) is 6.61 Å². The molecule has 0 radical (unpaired) electrons. The van der Waals surface area contributed by atoms with Gasteiger partial charge in [-0.1, -0.05) is 36.8 Å². The highest BCUT2D eigenvalue weighted by Gasteiger charge is 1.93. The maximum Gasteiger partial charge on any atom is 0.257 e. The average molecular weight is 228 g/mol. The van der Waals surface area contributed by atoms with Gasteiger partial charge in [-0.3, -0.25) is 4.18 Å². The molecule has 0 fully saturated rings. The first-order chi connectivity index (χ1) is 7.29. The van der Waals surface area contributed by atoms with Crippen molar-refractivity contribution in [3.63, 3.8) is 0 Å².